The first-order valence-electron chi connectivity index (χ1n) is 6.75. The van der Waals surface area contributed by atoms with Crippen molar-refractivity contribution in [3.05, 3.63) is 28.8 Å². The van der Waals surface area contributed by atoms with Crippen LogP contribution in [0, 0.1) is 0 Å². The Morgan fingerprint density at radius 2 is 2.05 bits per heavy atom. The lowest BCUT2D eigenvalue weighted by Crippen LogP contribution is -2.36. The fraction of sp³-hybridized carbons (Fsp3) is 0.533. The molecular weight excluding hydrogens is 278 g/mol. The molecule has 1 aliphatic rings. The van der Waals surface area contributed by atoms with Crippen molar-refractivity contribution in [3.63, 3.8) is 0 Å². The molecule has 0 saturated carbocycles. The van der Waals surface area contributed by atoms with Gasteiger partial charge in [-0.15, -0.1) is 0 Å². The first-order chi connectivity index (χ1) is 9.40. The Kier molecular flexibility index (Phi) is 4.55. The van der Waals surface area contributed by atoms with Gasteiger partial charge in [0.2, 0.25) is 0 Å². The average Bonchev–Trinajstić information content (AvgIpc) is 2.38. The summed E-state index contributed by atoms with van der Waals surface area (Å²) in [7, 11) is 0. The van der Waals surface area contributed by atoms with Crippen molar-refractivity contribution < 1.29 is 14.6 Å². The van der Waals surface area contributed by atoms with E-state index < -0.39 is 11.4 Å². The Morgan fingerprint density at radius 3 is 2.60 bits per heavy atom. The van der Waals surface area contributed by atoms with E-state index in [1.54, 1.807) is 0 Å². The summed E-state index contributed by atoms with van der Waals surface area (Å²) < 4.78 is 5.33. The van der Waals surface area contributed by atoms with Crippen LogP contribution in [0.5, 0.6) is 0 Å². The van der Waals surface area contributed by atoms with E-state index >= 15 is 0 Å². The molecule has 0 spiro atoms. The van der Waals surface area contributed by atoms with E-state index in [1.807, 2.05) is 32.0 Å². The maximum atomic E-state index is 10.9. The number of carboxylic acid groups (broad SMARTS) is 1. The zero-order chi connectivity index (χ0) is 14.8. The van der Waals surface area contributed by atoms with Gasteiger partial charge in [0, 0.05) is 18.5 Å². The summed E-state index contributed by atoms with van der Waals surface area (Å²) in [6.07, 6.45) is 0.0836. The van der Waals surface area contributed by atoms with Crippen LogP contribution in [0.15, 0.2) is 18.2 Å². The van der Waals surface area contributed by atoms with Crippen LogP contribution in [0.2, 0.25) is 5.02 Å². The third-order valence-corrected chi connectivity index (χ3v) is 3.98. The molecule has 1 fully saturated rings. The summed E-state index contributed by atoms with van der Waals surface area (Å²) in [6.45, 7) is 6.92. The van der Waals surface area contributed by atoms with Gasteiger partial charge in [0.25, 0.3) is 0 Å². The number of carbonyl (C=O) groups is 1. The average molecular weight is 298 g/mol. The van der Waals surface area contributed by atoms with E-state index in [0.717, 1.165) is 24.3 Å². The van der Waals surface area contributed by atoms with Crippen LogP contribution in [0.3, 0.4) is 0 Å². The number of morpholine rings is 1. The first-order valence-corrected chi connectivity index (χ1v) is 7.12. The van der Waals surface area contributed by atoms with Crippen LogP contribution in [0.1, 0.15) is 25.8 Å². The molecule has 2 rings (SSSR count). The molecule has 0 amide bonds. The number of aliphatic carboxylic acids is 1. The molecule has 4 nitrogen and oxygen atoms in total. The molecule has 0 aromatic heterocycles. The third kappa shape index (κ3) is 3.44. The topological polar surface area (TPSA) is 49.8 Å². The van der Waals surface area contributed by atoms with Gasteiger partial charge in [-0.05, 0) is 17.7 Å². The van der Waals surface area contributed by atoms with Crippen LogP contribution in [-0.4, -0.2) is 37.4 Å². The predicted molar refractivity (Wildman–Crippen MR) is 79.8 cm³/mol. The van der Waals surface area contributed by atoms with Crippen molar-refractivity contribution in [2.24, 2.45) is 0 Å². The lowest BCUT2D eigenvalue weighted by atomic mass is 9.81. The van der Waals surface area contributed by atoms with Crippen molar-refractivity contribution in [2.45, 2.75) is 25.7 Å². The van der Waals surface area contributed by atoms with Crippen molar-refractivity contribution >= 4 is 23.3 Å². The third-order valence-electron chi connectivity index (χ3n) is 3.67. The lowest BCUT2D eigenvalue weighted by Gasteiger charge is -2.31. The van der Waals surface area contributed by atoms with Gasteiger partial charge in [-0.3, -0.25) is 4.79 Å². The number of hydrogen-bond donors (Lipinski definition) is 1. The second-order valence-corrected chi connectivity index (χ2v) is 6.13. The predicted octanol–water partition coefficient (Wildman–Crippen LogP) is 2.93. The molecule has 0 radical (unpaired) electrons. The van der Waals surface area contributed by atoms with E-state index in [1.165, 1.54) is 0 Å². The van der Waals surface area contributed by atoms with Crippen molar-refractivity contribution in [1.82, 2.24) is 0 Å². The highest BCUT2D eigenvalue weighted by Crippen LogP contribution is 2.34. The quantitative estimate of drug-likeness (QED) is 0.928. The molecule has 1 heterocycles. The fourth-order valence-corrected chi connectivity index (χ4v) is 2.77. The van der Waals surface area contributed by atoms with Gasteiger partial charge < -0.3 is 14.7 Å². The Bertz CT molecular complexity index is 496. The van der Waals surface area contributed by atoms with E-state index in [4.69, 9.17) is 21.4 Å². The number of nitrogens with zero attached hydrogens (tertiary/aromatic N) is 1. The van der Waals surface area contributed by atoms with Crippen LogP contribution in [0.4, 0.5) is 5.69 Å². The van der Waals surface area contributed by atoms with E-state index in [-0.39, 0.29) is 6.42 Å². The van der Waals surface area contributed by atoms with Gasteiger partial charge in [-0.25, -0.2) is 0 Å². The maximum Gasteiger partial charge on any atom is 0.304 e. The molecule has 20 heavy (non-hydrogen) atoms. The zero-order valence-corrected chi connectivity index (χ0v) is 12.6. The number of benzene rings is 1. The number of carboxylic acids is 1. The van der Waals surface area contributed by atoms with Crippen LogP contribution >= 0.6 is 11.6 Å². The van der Waals surface area contributed by atoms with Crippen molar-refractivity contribution in [1.29, 1.82) is 0 Å². The highest BCUT2D eigenvalue weighted by molar-refractivity contribution is 6.33. The Morgan fingerprint density at radius 1 is 1.40 bits per heavy atom. The highest BCUT2D eigenvalue weighted by Gasteiger charge is 2.25. The van der Waals surface area contributed by atoms with Crippen molar-refractivity contribution in [3.8, 4) is 0 Å². The minimum absolute atomic E-state index is 0.0836. The second-order valence-electron chi connectivity index (χ2n) is 5.72. The SMILES string of the molecule is CC(C)(CC(=O)O)c1ccc(N2CCOCC2)c(Cl)c1. The Balaban J connectivity index is 2.22. The summed E-state index contributed by atoms with van der Waals surface area (Å²) in [5.74, 6) is -0.802. The summed E-state index contributed by atoms with van der Waals surface area (Å²) in [6, 6.07) is 5.83. The Hall–Kier alpha value is -1.26. The number of halogens is 1. The molecule has 1 saturated heterocycles. The standard InChI is InChI=1S/C15H20ClNO3/c1-15(2,10-14(18)19)11-3-4-13(12(16)9-11)17-5-7-20-8-6-17/h3-4,9H,5-8,10H2,1-2H3,(H,18,19). The van der Waals surface area contributed by atoms with E-state index in [0.29, 0.717) is 18.2 Å². The van der Waals surface area contributed by atoms with Crippen LogP contribution in [-0.2, 0) is 14.9 Å². The summed E-state index contributed by atoms with van der Waals surface area (Å²) >= 11 is 6.38. The summed E-state index contributed by atoms with van der Waals surface area (Å²) in [5.41, 5.74) is 1.51. The molecule has 1 aromatic rings. The normalized spacial score (nSPS) is 16.2. The minimum atomic E-state index is -0.802. The molecule has 0 aliphatic carbocycles. The minimum Gasteiger partial charge on any atom is -0.481 e. The maximum absolute atomic E-state index is 10.9. The smallest absolute Gasteiger partial charge is 0.304 e. The number of rotatable bonds is 4. The van der Waals surface area contributed by atoms with E-state index in [9.17, 15) is 4.79 Å². The highest BCUT2D eigenvalue weighted by atomic mass is 35.5. The fourth-order valence-electron chi connectivity index (χ4n) is 2.47. The molecule has 110 valence electrons. The van der Waals surface area contributed by atoms with Gasteiger partial charge in [0.05, 0.1) is 30.3 Å². The van der Waals surface area contributed by atoms with Gasteiger partial charge in [-0.1, -0.05) is 31.5 Å². The summed E-state index contributed by atoms with van der Waals surface area (Å²) in [5, 5.41) is 9.65. The van der Waals surface area contributed by atoms with Gasteiger partial charge >= 0.3 is 5.97 Å². The zero-order valence-electron chi connectivity index (χ0n) is 11.9. The first kappa shape index (κ1) is 15.1. The Labute approximate surface area is 124 Å². The van der Waals surface area contributed by atoms with Gasteiger partial charge in [0.1, 0.15) is 0 Å². The van der Waals surface area contributed by atoms with Gasteiger partial charge in [-0.2, -0.15) is 0 Å². The van der Waals surface area contributed by atoms with Crippen molar-refractivity contribution in [2.75, 3.05) is 31.2 Å². The molecule has 0 unspecified atom stereocenters. The van der Waals surface area contributed by atoms with Gasteiger partial charge in [0.15, 0.2) is 0 Å². The number of hydrogen-bond acceptors (Lipinski definition) is 3. The molecular formula is C15H20ClNO3. The molecule has 1 aromatic carbocycles. The number of ether oxygens (including phenoxy) is 1. The molecule has 1 N–H and O–H groups in total. The van der Waals surface area contributed by atoms with Crippen LogP contribution < -0.4 is 4.90 Å². The molecule has 0 bridgehead atoms. The summed E-state index contributed by atoms with van der Waals surface area (Å²) in [4.78, 5) is 13.1. The second kappa shape index (κ2) is 6.02. The van der Waals surface area contributed by atoms with Crippen LogP contribution in [0.25, 0.3) is 0 Å². The largest absolute Gasteiger partial charge is 0.481 e. The monoisotopic (exact) mass is 297 g/mol. The van der Waals surface area contributed by atoms with E-state index in [2.05, 4.69) is 4.90 Å². The number of anilines is 1. The molecule has 1 aliphatic heterocycles. The molecule has 5 heteroatoms. The lowest BCUT2D eigenvalue weighted by molar-refractivity contribution is -0.138. The molecule has 0 atom stereocenters.